The van der Waals surface area contributed by atoms with Gasteiger partial charge in [0.05, 0.1) is 38.1 Å². The van der Waals surface area contributed by atoms with Crippen molar-refractivity contribution in [1.82, 2.24) is 29.0 Å². The number of rotatable bonds is 9. The molecule has 1 fully saturated rings. The lowest BCUT2D eigenvalue weighted by Crippen LogP contribution is -2.48. The molecule has 37 heavy (non-hydrogen) atoms. The smallest absolute Gasteiger partial charge is 0.256 e. The molecule has 0 radical (unpaired) electrons. The van der Waals surface area contributed by atoms with Crippen LogP contribution in [0.3, 0.4) is 0 Å². The van der Waals surface area contributed by atoms with Gasteiger partial charge in [0.25, 0.3) is 6.43 Å². The Morgan fingerprint density at radius 3 is 2.81 bits per heavy atom. The van der Waals surface area contributed by atoms with Crippen LogP contribution >= 0.6 is 0 Å². The highest BCUT2D eigenvalue weighted by atomic mass is 19.3. The van der Waals surface area contributed by atoms with E-state index in [1.54, 1.807) is 25.4 Å². The standard InChI is InChI=1S/C24H27F4N7O2/c1-36-8-7-33-5-4-18(17(26)11-33)30-24-31-23(37-2)22-15(3-6-35(22)32-24)14-9-16(25)21-19(10-14)34(13-29-21)12-20(27)28/h3,6,9-10,13,17-18,20H,4-5,7-8,11-12H2,1-2H3,(H,30,32)/t17-,18-/m1/s1. The van der Waals surface area contributed by atoms with Gasteiger partial charge in [-0.05, 0) is 30.2 Å². The minimum absolute atomic E-state index is 0.0108. The number of alkyl halides is 3. The van der Waals surface area contributed by atoms with Gasteiger partial charge in [-0.3, -0.25) is 4.90 Å². The van der Waals surface area contributed by atoms with Crippen molar-refractivity contribution < 1.29 is 27.0 Å². The molecule has 1 aliphatic rings. The molecule has 9 nitrogen and oxygen atoms in total. The van der Waals surface area contributed by atoms with E-state index in [1.807, 2.05) is 4.90 Å². The van der Waals surface area contributed by atoms with Crippen LogP contribution in [0.15, 0.2) is 30.7 Å². The Bertz CT molecular complexity index is 1390. The number of anilines is 1. The van der Waals surface area contributed by atoms with Gasteiger partial charge in [-0.2, -0.15) is 4.98 Å². The van der Waals surface area contributed by atoms with Crippen LogP contribution in [0.4, 0.5) is 23.5 Å². The monoisotopic (exact) mass is 521 g/mol. The Balaban J connectivity index is 1.45. The summed E-state index contributed by atoms with van der Waals surface area (Å²) in [7, 11) is 3.06. The van der Waals surface area contributed by atoms with E-state index in [1.165, 1.54) is 28.6 Å². The Hall–Kier alpha value is -3.45. The van der Waals surface area contributed by atoms with Gasteiger partial charge in [0, 0.05) is 38.5 Å². The van der Waals surface area contributed by atoms with E-state index in [-0.39, 0.29) is 29.4 Å². The van der Waals surface area contributed by atoms with Crippen LogP contribution in [0, 0.1) is 5.82 Å². The van der Waals surface area contributed by atoms with E-state index in [4.69, 9.17) is 9.47 Å². The summed E-state index contributed by atoms with van der Waals surface area (Å²) in [5.74, 6) is -0.239. The summed E-state index contributed by atoms with van der Waals surface area (Å²) in [4.78, 5) is 10.4. The Kier molecular flexibility index (Phi) is 7.15. The number of likely N-dealkylation sites (tertiary alicyclic amines) is 1. The number of halogens is 4. The maximum absolute atomic E-state index is 14.9. The molecular weight excluding hydrogens is 494 g/mol. The molecule has 3 aromatic heterocycles. The zero-order valence-corrected chi connectivity index (χ0v) is 20.4. The molecule has 1 saturated heterocycles. The van der Waals surface area contributed by atoms with Gasteiger partial charge < -0.3 is 19.4 Å². The maximum atomic E-state index is 14.9. The fraction of sp³-hybridized carbons (Fsp3) is 0.458. The number of imidazole rings is 1. The summed E-state index contributed by atoms with van der Waals surface area (Å²) < 4.78 is 69.0. The Morgan fingerprint density at radius 2 is 2.08 bits per heavy atom. The van der Waals surface area contributed by atoms with E-state index in [2.05, 4.69) is 20.4 Å². The first-order valence-electron chi connectivity index (χ1n) is 11.9. The highest BCUT2D eigenvalue weighted by molar-refractivity contribution is 5.90. The van der Waals surface area contributed by atoms with Crippen LogP contribution in [0.1, 0.15) is 6.42 Å². The molecule has 1 aliphatic heterocycles. The molecule has 0 aliphatic carbocycles. The Morgan fingerprint density at radius 1 is 1.24 bits per heavy atom. The quantitative estimate of drug-likeness (QED) is 0.337. The van der Waals surface area contributed by atoms with Gasteiger partial charge in [0.1, 0.15) is 17.2 Å². The molecule has 4 aromatic rings. The van der Waals surface area contributed by atoms with Crippen molar-refractivity contribution in [1.29, 1.82) is 0 Å². The molecule has 1 aromatic carbocycles. The van der Waals surface area contributed by atoms with E-state index in [0.29, 0.717) is 42.8 Å². The number of ether oxygens (including phenoxy) is 2. The fourth-order valence-electron chi connectivity index (χ4n) is 4.72. The summed E-state index contributed by atoms with van der Waals surface area (Å²) >= 11 is 0. The van der Waals surface area contributed by atoms with Crippen LogP contribution in [-0.4, -0.2) is 88.1 Å². The lowest BCUT2D eigenvalue weighted by molar-refractivity contribution is 0.0918. The largest absolute Gasteiger partial charge is 0.479 e. The van der Waals surface area contributed by atoms with Crippen molar-refractivity contribution in [3.8, 4) is 17.0 Å². The number of nitrogens with zero attached hydrogens (tertiary/aromatic N) is 6. The predicted molar refractivity (Wildman–Crippen MR) is 129 cm³/mol. The van der Waals surface area contributed by atoms with Crippen molar-refractivity contribution >= 4 is 22.5 Å². The van der Waals surface area contributed by atoms with Crippen LogP contribution < -0.4 is 10.1 Å². The lowest BCUT2D eigenvalue weighted by Gasteiger charge is -2.34. The molecule has 0 bridgehead atoms. The topological polar surface area (TPSA) is 81.7 Å². The predicted octanol–water partition coefficient (Wildman–Crippen LogP) is 3.63. The zero-order chi connectivity index (χ0) is 26.1. The van der Waals surface area contributed by atoms with E-state index >= 15 is 0 Å². The molecule has 0 spiro atoms. The third kappa shape index (κ3) is 5.05. The summed E-state index contributed by atoms with van der Waals surface area (Å²) in [5, 5.41) is 7.54. The van der Waals surface area contributed by atoms with Crippen LogP contribution in [0.25, 0.3) is 27.7 Å². The molecule has 198 valence electrons. The van der Waals surface area contributed by atoms with Gasteiger partial charge in [0.15, 0.2) is 5.82 Å². The van der Waals surface area contributed by atoms with Gasteiger partial charge >= 0.3 is 0 Å². The van der Waals surface area contributed by atoms with Gasteiger partial charge in [0.2, 0.25) is 11.8 Å². The zero-order valence-electron chi connectivity index (χ0n) is 20.4. The first kappa shape index (κ1) is 25.2. The fourth-order valence-corrected chi connectivity index (χ4v) is 4.72. The third-order valence-corrected chi connectivity index (χ3v) is 6.55. The molecule has 2 atom stereocenters. The van der Waals surface area contributed by atoms with Crippen molar-refractivity contribution in [2.45, 2.75) is 31.6 Å². The number of nitrogens with one attached hydrogen (secondary N) is 1. The minimum Gasteiger partial charge on any atom is -0.479 e. The number of piperidine rings is 1. The molecule has 5 rings (SSSR count). The number of hydrogen-bond acceptors (Lipinski definition) is 7. The number of aromatic nitrogens is 5. The summed E-state index contributed by atoms with van der Waals surface area (Å²) in [6, 6.07) is 4.12. The first-order chi connectivity index (χ1) is 17.9. The van der Waals surface area contributed by atoms with E-state index in [9.17, 15) is 17.6 Å². The second-order valence-electron chi connectivity index (χ2n) is 8.93. The molecule has 0 saturated carbocycles. The highest BCUT2D eigenvalue weighted by Gasteiger charge is 2.30. The number of fused-ring (bicyclic) bond motifs is 2. The normalized spacial score (nSPS) is 18.8. The van der Waals surface area contributed by atoms with Gasteiger partial charge in [-0.1, -0.05) is 0 Å². The van der Waals surface area contributed by atoms with Crippen LogP contribution in [-0.2, 0) is 11.3 Å². The lowest BCUT2D eigenvalue weighted by atomic mass is 10.0. The molecular formula is C24H27F4N7O2. The number of hydrogen-bond donors (Lipinski definition) is 1. The van der Waals surface area contributed by atoms with Crippen molar-refractivity contribution in [2.75, 3.05) is 45.8 Å². The van der Waals surface area contributed by atoms with E-state index in [0.717, 1.165) is 0 Å². The third-order valence-electron chi connectivity index (χ3n) is 6.55. The summed E-state index contributed by atoms with van der Waals surface area (Å²) in [6.45, 7) is 1.61. The number of benzene rings is 1. The maximum Gasteiger partial charge on any atom is 0.256 e. The summed E-state index contributed by atoms with van der Waals surface area (Å²) in [6.07, 6.45) is -0.316. The summed E-state index contributed by atoms with van der Waals surface area (Å²) in [5.41, 5.74) is 1.69. The second-order valence-corrected chi connectivity index (χ2v) is 8.93. The van der Waals surface area contributed by atoms with Crippen LogP contribution in [0.2, 0.25) is 0 Å². The number of methoxy groups -OCH3 is 2. The van der Waals surface area contributed by atoms with Crippen molar-refractivity contribution in [3.63, 3.8) is 0 Å². The van der Waals surface area contributed by atoms with Gasteiger partial charge in [-0.15, -0.1) is 5.10 Å². The van der Waals surface area contributed by atoms with Crippen molar-refractivity contribution in [3.05, 3.63) is 36.5 Å². The molecule has 0 amide bonds. The SMILES string of the molecule is COCCN1CC[C@@H](Nc2nc(OC)c3c(-c4cc(F)c5ncn(CC(F)F)c5c4)ccn3n2)[C@H](F)C1. The van der Waals surface area contributed by atoms with E-state index < -0.39 is 31.0 Å². The molecule has 4 heterocycles. The first-order valence-corrected chi connectivity index (χ1v) is 11.9. The Labute approximate surface area is 210 Å². The highest BCUT2D eigenvalue weighted by Crippen LogP contribution is 2.34. The average Bonchev–Trinajstić information content (AvgIpc) is 3.48. The minimum atomic E-state index is -2.61. The van der Waals surface area contributed by atoms with Crippen LogP contribution in [0.5, 0.6) is 5.88 Å². The molecule has 13 heteroatoms. The molecule has 1 N–H and O–H groups in total. The van der Waals surface area contributed by atoms with Crippen molar-refractivity contribution in [2.24, 2.45) is 0 Å². The van der Waals surface area contributed by atoms with Gasteiger partial charge in [-0.25, -0.2) is 27.1 Å². The second kappa shape index (κ2) is 10.5. The molecule has 0 unspecified atom stereocenters. The average molecular weight is 522 g/mol.